The first-order chi connectivity index (χ1) is 19.3. The van der Waals surface area contributed by atoms with Crippen LogP contribution in [0.15, 0.2) is 59.5 Å². The van der Waals surface area contributed by atoms with Crippen molar-refractivity contribution in [2.45, 2.75) is 26.4 Å². The zero-order chi connectivity index (χ0) is 30.1. The van der Waals surface area contributed by atoms with E-state index in [-0.39, 0.29) is 23.6 Å². The van der Waals surface area contributed by atoms with E-state index in [1.807, 2.05) is 0 Å². The molecule has 0 saturated heterocycles. The lowest BCUT2D eigenvalue weighted by Gasteiger charge is -2.24. The van der Waals surface area contributed by atoms with Gasteiger partial charge in [-0.1, -0.05) is 6.07 Å². The summed E-state index contributed by atoms with van der Waals surface area (Å²) in [6.45, 7) is 4.25. The van der Waals surface area contributed by atoms with Gasteiger partial charge in [0.05, 0.1) is 73.8 Å². The number of carbonyl (C=O) groups excluding carboxylic acids is 1. The van der Waals surface area contributed by atoms with Gasteiger partial charge in [0.2, 0.25) is 0 Å². The summed E-state index contributed by atoms with van der Waals surface area (Å²) in [5.74, 6) is 0. The molecule has 0 aliphatic rings. The van der Waals surface area contributed by atoms with Gasteiger partial charge >= 0.3 is 17.9 Å². The van der Waals surface area contributed by atoms with Crippen LogP contribution in [0.5, 0.6) is 0 Å². The topological polar surface area (TPSA) is 97.6 Å². The van der Waals surface area contributed by atoms with Gasteiger partial charge in [-0.25, -0.2) is 18.8 Å². The maximum Gasteiger partial charge on any atom is 0.416 e. The van der Waals surface area contributed by atoms with Gasteiger partial charge in [-0.2, -0.15) is 23.5 Å². The molecule has 2 aromatic heterocycles. The molecular weight excluding hydrogens is 535 g/mol. The Balaban J connectivity index is 1.98. The number of halogens is 3. The molecule has 0 aliphatic carbocycles. The first-order valence-electron chi connectivity index (χ1n) is 12.9. The second kappa shape index (κ2) is 11.1. The molecule has 0 saturated carbocycles. The molecule has 0 aliphatic heterocycles. The summed E-state index contributed by atoms with van der Waals surface area (Å²) < 4.78 is 44.8. The van der Waals surface area contributed by atoms with Gasteiger partial charge in [0, 0.05) is 13.0 Å². The number of aromatic nitrogens is 4. The van der Waals surface area contributed by atoms with E-state index < -0.39 is 23.5 Å². The Morgan fingerprint density at radius 1 is 1.12 bits per heavy atom. The Bertz CT molecular complexity index is 1700. The molecule has 0 bridgehead atoms. The molecule has 0 atom stereocenters. The Morgan fingerprint density at radius 2 is 1.85 bits per heavy atom. The first kappa shape index (κ1) is 29.4. The number of imidazole rings is 1. The van der Waals surface area contributed by atoms with Gasteiger partial charge in [-0.05, 0) is 61.9 Å². The molecule has 1 N–H and O–H groups in total. The molecule has 4 rings (SSSR count). The minimum absolute atomic E-state index is 0.0281. The molecule has 9 nitrogen and oxygen atoms in total. The summed E-state index contributed by atoms with van der Waals surface area (Å²) in [5.41, 5.74) is 1.01. The lowest BCUT2D eigenvalue weighted by atomic mass is 10.0. The number of amides is 1. The summed E-state index contributed by atoms with van der Waals surface area (Å²) in [6.07, 6.45) is -2.49. The molecule has 12 heteroatoms. The second-order valence-electron chi connectivity index (χ2n) is 10.6. The third-order valence-corrected chi connectivity index (χ3v) is 6.62. The van der Waals surface area contributed by atoms with E-state index in [1.54, 1.807) is 42.8 Å². The summed E-state index contributed by atoms with van der Waals surface area (Å²) >= 11 is 0. The van der Waals surface area contributed by atoms with E-state index in [4.69, 9.17) is 0 Å². The smallest absolute Gasteiger partial charge is 0.338 e. The first-order valence-corrected chi connectivity index (χ1v) is 12.9. The van der Waals surface area contributed by atoms with Crippen molar-refractivity contribution < 1.29 is 22.4 Å². The van der Waals surface area contributed by atoms with Crippen molar-refractivity contribution in [2.24, 2.45) is 0 Å². The van der Waals surface area contributed by atoms with Crippen LogP contribution in [0.4, 0.5) is 18.0 Å². The van der Waals surface area contributed by atoms with Crippen molar-refractivity contribution in [3.05, 3.63) is 87.6 Å². The van der Waals surface area contributed by atoms with Crippen molar-refractivity contribution in [1.82, 2.24) is 24.2 Å². The van der Waals surface area contributed by atoms with Crippen molar-refractivity contribution in [3.8, 4) is 28.8 Å². The number of nitrogens with one attached hydrogen (secondary N) is 1. The maximum atomic E-state index is 13.7. The highest BCUT2D eigenvalue weighted by Gasteiger charge is 2.32. The van der Waals surface area contributed by atoms with E-state index in [1.165, 1.54) is 18.3 Å². The molecular formula is C29H31F3N7O2+. The van der Waals surface area contributed by atoms with E-state index in [9.17, 15) is 28.0 Å². The molecule has 0 radical (unpaired) electrons. The molecule has 41 heavy (non-hydrogen) atoms. The van der Waals surface area contributed by atoms with E-state index in [2.05, 4.69) is 37.6 Å². The van der Waals surface area contributed by atoms with Crippen LogP contribution in [-0.4, -0.2) is 63.7 Å². The Morgan fingerprint density at radius 3 is 2.49 bits per heavy atom. The van der Waals surface area contributed by atoms with Crippen LogP contribution in [0.3, 0.4) is 0 Å². The molecule has 4 aromatic rings. The average Bonchev–Trinajstić information content (AvgIpc) is 3.48. The average molecular weight is 567 g/mol. The van der Waals surface area contributed by atoms with Crippen LogP contribution in [0.2, 0.25) is 0 Å². The van der Waals surface area contributed by atoms with E-state index in [0.717, 1.165) is 33.4 Å². The number of benzene rings is 2. The molecule has 2 heterocycles. The fraction of sp³-hybridized carbons (Fsp3) is 0.310. The lowest BCUT2D eigenvalue weighted by molar-refractivity contribution is -0.870. The fourth-order valence-electron chi connectivity index (χ4n) is 4.64. The molecule has 214 valence electrons. The summed E-state index contributed by atoms with van der Waals surface area (Å²) in [7, 11) is 6.16. The Kier molecular flexibility index (Phi) is 7.94. The number of quaternary nitrogens is 1. The highest BCUT2D eigenvalue weighted by atomic mass is 19.4. The normalized spacial score (nSPS) is 11.9. The van der Waals surface area contributed by atoms with Crippen molar-refractivity contribution in [3.63, 3.8) is 0 Å². The third kappa shape index (κ3) is 5.95. The monoisotopic (exact) mass is 566 g/mol. The number of nitrogens with zero attached hydrogens (tertiary/aromatic N) is 6. The van der Waals surface area contributed by atoms with Gasteiger partial charge < -0.3 is 9.80 Å². The predicted octanol–water partition coefficient (Wildman–Crippen LogP) is 4.52. The quantitative estimate of drug-likeness (QED) is 0.333. The second-order valence-corrected chi connectivity index (χ2v) is 10.6. The van der Waals surface area contributed by atoms with Gasteiger partial charge in [-0.3, -0.25) is 4.57 Å². The number of alkyl halides is 3. The zero-order valence-electron chi connectivity index (χ0n) is 23.5. The maximum absolute atomic E-state index is 13.7. The number of hydrogen-bond donors (Lipinski definition) is 1. The largest absolute Gasteiger partial charge is 0.416 e. The summed E-state index contributed by atoms with van der Waals surface area (Å²) in [4.78, 5) is 26.9. The van der Waals surface area contributed by atoms with Gasteiger partial charge in [-0.15, -0.1) is 0 Å². The third-order valence-electron chi connectivity index (χ3n) is 6.62. The van der Waals surface area contributed by atoms with Crippen LogP contribution < -0.4 is 11.0 Å². The SMILES string of the molecule is CCNC(=O)n1c(-c2ccnn2-c2ccc(C#N)cc2CC[N+](C)(C)C)c(C)n(-c2cccc(C(F)(F)F)c2)c1=O. The number of nitriles is 1. The Labute approximate surface area is 235 Å². The molecule has 0 unspecified atom stereocenters. The number of carbonyl (C=O) groups is 1. The van der Waals surface area contributed by atoms with E-state index in [0.29, 0.717) is 27.8 Å². The van der Waals surface area contributed by atoms with Crippen LogP contribution in [0.25, 0.3) is 22.8 Å². The van der Waals surface area contributed by atoms with Gasteiger partial charge in [0.1, 0.15) is 5.69 Å². The van der Waals surface area contributed by atoms with Crippen LogP contribution >= 0.6 is 0 Å². The molecule has 2 aromatic carbocycles. The van der Waals surface area contributed by atoms with Gasteiger partial charge in [0.15, 0.2) is 0 Å². The van der Waals surface area contributed by atoms with Crippen LogP contribution in [0, 0.1) is 18.3 Å². The lowest BCUT2D eigenvalue weighted by Crippen LogP contribution is -2.37. The van der Waals surface area contributed by atoms with E-state index >= 15 is 0 Å². The summed E-state index contributed by atoms with van der Waals surface area (Å²) in [6, 6.07) is 12.7. The minimum Gasteiger partial charge on any atom is -0.338 e. The highest BCUT2D eigenvalue weighted by Crippen LogP contribution is 2.32. The number of likely N-dealkylation sites (N-methyl/N-ethyl adjacent to an activating group) is 1. The van der Waals surface area contributed by atoms with Crippen LogP contribution in [-0.2, 0) is 12.6 Å². The minimum atomic E-state index is -4.62. The zero-order valence-corrected chi connectivity index (χ0v) is 23.5. The molecule has 0 spiro atoms. The molecule has 1 amide bonds. The van der Waals surface area contributed by atoms with Crippen LogP contribution in [0.1, 0.15) is 29.3 Å². The van der Waals surface area contributed by atoms with Gasteiger partial charge in [0.25, 0.3) is 0 Å². The highest BCUT2D eigenvalue weighted by molar-refractivity contribution is 5.83. The predicted molar refractivity (Wildman–Crippen MR) is 148 cm³/mol. The summed E-state index contributed by atoms with van der Waals surface area (Å²) in [5, 5.41) is 16.6. The fourth-order valence-corrected chi connectivity index (χ4v) is 4.64. The van der Waals surface area contributed by atoms with Crippen molar-refractivity contribution in [2.75, 3.05) is 34.2 Å². The van der Waals surface area contributed by atoms with Crippen molar-refractivity contribution >= 4 is 6.03 Å². The molecule has 0 fully saturated rings. The van der Waals surface area contributed by atoms with Crippen molar-refractivity contribution in [1.29, 1.82) is 5.26 Å². The number of rotatable bonds is 7. The Hall–Kier alpha value is -4.63. The standard InChI is InChI=1S/C29H30F3N7O2/c1-6-34-27(40)37-26(19(2)36(28(37)41)23-9-7-8-22(17-23)29(30,31)32)25-12-14-35-38(25)24-11-10-20(18-33)16-21(24)13-15-39(3,4)5/h7-12,14,16-17H,6,13,15H2,1-5H3/p+1. The number of hydrogen-bond acceptors (Lipinski definition) is 4.